The number of ether oxygens (including phenoxy) is 1. The van der Waals surface area contributed by atoms with Crippen LogP contribution in [-0.4, -0.2) is 87.5 Å². The molecule has 2 heterocycles. The van der Waals surface area contributed by atoms with Crippen LogP contribution in [0, 0.1) is 0 Å². The van der Waals surface area contributed by atoms with Gasteiger partial charge in [-0.3, -0.25) is 9.69 Å². The number of benzene rings is 1. The first kappa shape index (κ1) is 18.6. The molecule has 25 heavy (non-hydrogen) atoms. The topological polar surface area (TPSA) is 70.2 Å². The lowest BCUT2D eigenvalue weighted by Crippen LogP contribution is -2.52. The summed E-state index contributed by atoms with van der Waals surface area (Å²) in [6.45, 7) is 4.55. The van der Waals surface area contributed by atoms with Crippen molar-refractivity contribution in [3.8, 4) is 0 Å². The molecule has 0 aliphatic carbocycles. The number of carbonyl (C=O) groups excluding carboxylic acids is 1. The molecule has 7 nitrogen and oxygen atoms in total. The van der Waals surface area contributed by atoms with Crippen LogP contribution >= 0.6 is 11.6 Å². The van der Waals surface area contributed by atoms with Gasteiger partial charge in [-0.05, 0) is 18.2 Å². The normalized spacial score (nSPS) is 20.6. The summed E-state index contributed by atoms with van der Waals surface area (Å²) in [7, 11) is -3.55. The number of hydrogen-bond acceptors (Lipinski definition) is 5. The number of amides is 1. The first-order chi connectivity index (χ1) is 12.0. The van der Waals surface area contributed by atoms with Crippen molar-refractivity contribution in [1.82, 2.24) is 14.1 Å². The van der Waals surface area contributed by atoms with E-state index in [0.717, 1.165) is 0 Å². The molecule has 0 spiro atoms. The van der Waals surface area contributed by atoms with Gasteiger partial charge in [-0.15, -0.1) is 0 Å². The molecule has 0 bridgehead atoms. The number of nitrogens with zero attached hydrogens (tertiary/aromatic N) is 3. The number of carbonyl (C=O) groups is 1. The molecular weight excluding hydrogens is 366 g/mol. The van der Waals surface area contributed by atoms with Gasteiger partial charge < -0.3 is 9.64 Å². The number of sulfonamides is 1. The molecular formula is C16H22ClN3O4S. The fourth-order valence-corrected chi connectivity index (χ4v) is 4.73. The fraction of sp³-hybridized carbons (Fsp3) is 0.562. The zero-order valence-electron chi connectivity index (χ0n) is 13.9. The molecule has 2 fully saturated rings. The van der Waals surface area contributed by atoms with Crippen molar-refractivity contribution in [2.24, 2.45) is 0 Å². The van der Waals surface area contributed by atoms with Gasteiger partial charge in [0.25, 0.3) is 0 Å². The van der Waals surface area contributed by atoms with Crippen LogP contribution in [-0.2, 0) is 19.6 Å². The molecule has 0 N–H and O–H groups in total. The SMILES string of the molecule is O=C(CN1CCN(S(=O)(=O)c2cccc(Cl)c2)CC1)N1CCOCC1. The Balaban J connectivity index is 1.55. The van der Waals surface area contributed by atoms with Crippen molar-refractivity contribution < 1.29 is 17.9 Å². The second kappa shape index (κ2) is 8.01. The quantitative estimate of drug-likeness (QED) is 0.752. The van der Waals surface area contributed by atoms with Gasteiger partial charge in [0.15, 0.2) is 0 Å². The molecule has 2 saturated heterocycles. The second-order valence-corrected chi connectivity index (χ2v) is 8.51. The Morgan fingerprint density at radius 3 is 2.40 bits per heavy atom. The maximum Gasteiger partial charge on any atom is 0.243 e. The van der Waals surface area contributed by atoms with E-state index in [4.69, 9.17) is 16.3 Å². The molecule has 2 aliphatic rings. The lowest BCUT2D eigenvalue weighted by Gasteiger charge is -2.35. The number of hydrogen-bond donors (Lipinski definition) is 0. The summed E-state index contributed by atoms with van der Waals surface area (Å²) in [5.41, 5.74) is 0. The highest BCUT2D eigenvalue weighted by molar-refractivity contribution is 7.89. The van der Waals surface area contributed by atoms with Crippen LogP contribution in [0.2, 0.25) is 5.02 Å². The van der Waals surface area contributed by atoms with Crippen molar-refractivity contribution in [2.75, 3.05) is 59.0 Å². The smallest absolute Gasteiger partial charge is 0.243 e. The van der Waals surface area contributed by atoms with E-state index in [-0.39, 0.29) is 10.8 Å². The van der Waals surface area contributed by atoms with Crippen LogP contribution < -0.4 is 0 Å². The molecule has 1 amide bonds. The number of morpholine rings is 1. The number of halogens is 1. The first-order valence-electron chi connectivity index (χ1n) is 8.30. The Morgan fingerprint density at radius 1 is 1.08 bits per heavy atom. The number of piperazine rings is 1. The van der Waals surface area contributed by atoms with Gasteiger partial charge in [0.1, 0.15) is 0 Å². The third-order valence-electron chi connectivity index (χ3n) is 4.49. The minimum Gasteiger partial charge on any atom is -0.378 e. The van der Waals surface area contributed by atoms with Crippen LogP contribution in [0.1, 0.15) is 0 Å². The van der Waals surface area contributed by atoms with Crippen molar-refractivity contribution in [2.45, 2.75) is 4.90 Å². The maximum atomic E-state index is 12.7. The predicted octanol–water partition coefficient (Wildman–Crippen LogP) is 0.505. The molecule has 0 saturated carbocycles. The van der Waals surface area contributed by atoms with Gasteiger partial charge in [-0.2, -0.15) is 4.31 Å². The zero-order valence-corrected chi connectivity index (χ0v) is 15.5. The number of rotatable bonds is 4. The van der Waals surface area contributed by atoms with Crippen molar-refractivity contribution in [3.05, 3.63) is 29.3 Å². The summed E-state index contributed by atoms with van der Waals surface area (Å²) < 4.78 is 32.1. The summed E-state index contributed by atoms with van der Waals surface area (Å²) in [6.07, 6.45) is 0. The van der Waals surface area contributed by atoms with Gasteiger partial charge in [-0.25, -0.2) is 8.42 Å². The van der Waals surface area contributed by atoms with E-state index in [9.17, 15) is 13.2 Å². The summed E-state index contributed by atoms with van der Waals surface area (Å²) in [5.74, 6) is 0.0782. The van der Waals surface area contributed by atoms with Gasteiger partial charge in [0.2, 0.25) is 15.9 Å². The standard InChI is InChI=1S/C16H22ClN3O4S/c17-14-2-1-3-15(12-14)25(22,23)20-6-4-18(5-7-20)13-16(21)19-8-10-24-11-9-19/h1-3,12H,4-11,13H2. The molecule has 138 valence electrons. The zero-order chi connectivity index (χ0) is 17.9. The van der Waals surface area contributed by atoms with Crippen molar-refractivity contribution in [1.29, 1.82) is 0 Å². The van der Waals surface area contributed by atoms with E-state index in [2.05, 4.69) is 0 Å². The van der Waals surface area contributed by atoms with Gasteiger partial charge in [-0.1, -0.05) is 17.7 Å². The summed E-state index contributed by atoms with van der Waals surface area (Å²) in [6, 6.07) is 6.29. The van der Waals surface area contributed by atoms with Crippen LogP contribution in [0.25, 0.3) is 0 Å². The van der Waals surface area contributed by atoms with E-state index in [0.29, 0.717) is 64.0 Å². The first-order valence-corrected chi connectivity index (χ1v) is 10.1. The maximum absolute atomic E-state index is 12.7. The minimum atomic E-state index is -3.55. The van der Waals surface area contributed by atoms with E-state index in [1.807, 2.05) is 4.90 Å². The molecule has 3 rings (SSSR count). The molecule has 0 atom stereocenters. The lowest BCUT2D eigenvalue weighted by atomic mass is 10.3. The Labute approximate surface area is 153 Å². The van der Waals surface area contributed by atoms with Crippen LogP contribution in [0.4, 0.5) is 0 Å². The molecule has 0 unspecified atom stereocenters. The minimum absolute atomic E-state index is 0.0782. The van der Waals surface area contributed by atoms with Crippen molar-refractivity contribution in [3.63, 3.8) is 0 Å². The summed E-state index contributed by atoms with van der Waals surface area (Å²) in [4.78, 5) is 16.3. The summed E-state index contributed by atoms with van der Waals surface area (Å²) in [5, 5.41) is 0.399. The van der Waals surface area contributed by atoms with Gasteiger partial charge in [0.05, 0.1) is 24.7 Å². The largest absolute Gasteiger partial charge is 0.378 e. The van der Waals surface area contributed by atoms with Gasteiger partial charge >= 0.3 is 0 Å². The highest BCUT2D eigenvalue weighted by Crippen LogP contribution is 2.20. The van der Waals surface area contributed by atoms with Crippen LogP contribution in [0.3, 0.4) is 0 Å². The average molecular weight is 388 g/mol. The molecule has 0 aromatic heterocycles. The molecule has 2 aliphatic heterocycles. The third kappa shape index (κ3) is 4.51. The Kier molecular flexibility index (Phi) is 5.96. The van der Waals surface area contributed by atoms with E-state index >= 15 is 0 Å². The van der Waals surface area contributed by atoms with Crippen LogP contribution in [0.15, 0.2) is 29.2 Å². The monoisotopic (exact) mass is 387 g/mol. The van der Waals surface area contributed by atoms with E-state index in [1.165, 1.54) is 10.4 Å². The summed E-state index contributed by atoms with van der Waals surface area (Å²) >= 11 is 5.90. The molecule has 9 heteroatoms. The Hall–Kier alpha value is -1.19. The average Bonchev–Trinajstić information content (AvgIpc) is 2.63. The third-order valence-corrected chi connectivity index (χ3v) is 6.62. The van der Waals surface area contributed by atoms with Crippen LogP contribution in [0.5, 0.6) is 0 Å². The molecule has 0 radical (unpaired) electrons. The molecule has 1 aromatic rings. The Morgan fingerprint density at radius 2 is 1.76 bits per heavy atom. The highest BCUT2D eigenvalue weighted by atomic mass is 35.5. The van der Waals surface area contributed by atoms with E-state index < -0.39 is 10.0 Å². The Bertz CT molecular complexity index is 714. The second-order valence-electron chi connectivity index (χ2n) is 6.13. The van der Waals surface area contributed by atoms with E-state index in [1.54, 1.807) is 23.1 Å². The fourth-order valence-electron chi connectivity index (χ4n) is 3.01. The van der Waals surface area contributed by atoms with Gasteiger partial charge in [0, 0.05) is 44.3 Å². The lowest BCUT2D eigenvalue weighted by molar-refractivity contribution is -0.136. The molecule has 1 aromatic carbocycles. The van der Waals surface area contributed by atoms with Crippen molar-refractivity contribution >= 4 is 27.5 Å². The highest BCUT2D eigenvalue weighted by Gasteiger charge is 2.30. The predicted molar refractivity (Wildman–Crippen MR) is 94.0 cm³/mol.